The summed E-state index contributed by atoms with van der Waals surface area (Å²) in [6, 6.07) is 0. The minimum Gasteiger partial charge on any atom is -0.385 e. The molecular weight excluding hydrogens is 204 g/mol. The molecule has 2 aliphatic rings. The van der Waals surface area contributed by atoms with E-state index in [0.29, 0.717) is 18.8 Å². The van der Waals surface area contributed by atoms with Crippen molar-refractivity contribution in [2.75, 3.05) is 20.3 Å². The standard InChI is InChI=1S/C13H22O3/c1-15-8-2-4-12(14)11-5-9-16-13(10-11)6-3-7-13/h11H,2-10H2,1H3. The van der Waals surface area contributed by atoms with Gasteiger partial charge in [-0.15, -0.1) is 0 Å². The molecule has 0 aromatic heterocycles. The average Bonchev–Trinajstić information content (AvgIpc) is 2.27. The first kappa shape index (κ1) is 12.1. The lowest BCUT2D eigenvalue weighted by Crippen LogP contribution is -2.47. The third-order valence-corrected chi connectivity index (χ3v) is 3.98. The Hall–Kier alpha value is -0.410. The molecule has 1 atom stereocenters. The van der Waals surface area contributed by atoms with Crippen molar-refractivity contribution >= 4 is 5.78 Å². The quantitative estimate of drug-likeness (QED) is 0.675. The molecular formula is C13H22O3. The van der Waals surface area contributed by atoms with Crippen LogP contribution in [0, 0.1) is 5.92 Å². The molecule has 3 nitrogen and oxygen atoms in total. The predicted octanol–water partition coefficient (Wildman–Crippen LogP) is 2.33. The number of carbonyl (C=O) groups is 1. The Morgan fingerprint density at radius 2 is 2.31 bits per heavy atom. The van der Waals surface area contributed by atoms with Gasteiger partial charge >= 0.3 is 0 Å². The Kier molecular flexibility index (Phi) is 3.98. The molecule has 0 aromatic rings. The molecule has 1 spiro atoms. The normalized spacial score (nSPS) is 27.7. The fourth-order valence-electron chi connectivity index (χ4n) is 2.82. The molecule has 16 heavy (non-hydrogen) atoms. The van der Waals surface area contributed by atoms with Crippen LogP contribution >= 0.6 is 0 Å². The smallest absolute Gasteiger partial charge is 0.136 e. The van der Waals surface area contributed by atoms with Gasteiger partial charge in [-0.2, -0.15) is 0 Å². The van der Waals surface area contributed by atoms with Crippen LogP contribution in [0.1, 0.15) is 44.9 Å². The van der Waals surface area contributed by atoms with Gasteiger partial charge in [-0.25, -0.2) is 0 Å². The molecule has 1 unspecified atom stereocenters. The molecule has 1 heterocycles. The van der Waals surface area contributed by atoms with Crippen LogP contribution in [0.3, 0.4) is 0 Å². The van der Waals surface area contributed by atoms with Crippen LogP contribution in [0.2, 0.25) is 0 Å². The molecule has 2 fully saturated rings. The molecule has 2 rings (SSSR count). The summed E-state index contributed by atoms with van der Waals surface area (Å²) >= 11 is 0. The van der Waals surface area contributed by atoms with E-state index in [-0.39, 0.29) is 11.5 Å². The van der Waals surface area contributed by atoms with Crippen LogP contribution < -0.4 is 0 Å². The second-order valence-corrected chi connectivity index (χ2v) is 5.14. The molecule has 1 aliphatic carbocycles. The van der Waals surface area contributed by atoms with Crippen LogP contribution in [0.4, 0.5) is 0 Å². The van der Waals surface area contributed by atoms with Crippen molar-refractivity contribution in [1.29, 1.82) is 0 Å². The second kappa shape index (κ2) is 5.28. The highest BCUT2D eigenvalue weighted by Gasteiger charge is 2.43. The summed E-state index contributed by atoms with van der Waals surface area (Å²) in [5.41, 5.74) is 0.0971. The molecule has 0 amide bonds. The number of methoxy groups -OCH3 is 1. The Balaban J connectivity index is 1.77. The van der Waals surface area contributed by atoms with Gasteiger partial charge in [0.05, 0.1) is 5.60 Å². The van der Waals surface area contributed by atoms with Crippen LogP contribution in [-0.4, -0.2) is 31.7 Å². The summed E-state index contributed by atoms with van der Waals surface area (Å²) < 4.78 is 10.8. The number of hydrogen-bond donors (Lipinski definition) is 0. The zero-order chi connectivity index (χ0) is 11.4. The van der Waals surface area contributed by atoms with E-state index >= 15 is 0 Å². The maximum Gasteiger partial charge on any atom is 0.136 e. The number of hydrogen-bond acceptors (Lipinski definition) is 3. The molecule has 0 aromatic carbocycles. The lowest BCUT2D eigenvalue weighted by atomic mass is 9.71. The Morgan fingerprint density at radius 3 is 2.94 bits per heavy atom. The van der Waals surface area contributed by atoms with Gasteiger partial charge in [-0.05, 0) is 38.5 Å². The van der Waals surface area contributed by atoms with E-state index in [1.165, 1.54) is 6.42 Å². The molecule has 1 saturated heterocycles. The first-order valence-corrected chi connectivity index (χ1v) is 6.41. The van der Waals surface area contributed by atoms with Crippen molar-refractivity contribution in [2.24, 2.45) is 5.92 Å². The SMILES string of the molecule is COCCCC(=O)C1CCOC2(CCC2)C1. The van der Waals surface area contributed by atoms with Gasteiger partial charge in [0.15, 0.2) is 0 Å². The third-order valence-electron chi connectivity index (χ3n) is 3.98. The lowest BCUT2D eigenvalue weighted by Gasteiger charge is -2.46. The first-order valence-electron chi connectivity index (χ1n) is 6.41. The Bertz CT molecular complexity index is 246. The van der Waals surface area contributed by atoms with E-state index in [0.717, 1.165) is 38.7 Å². The van der Waals surface area contributed by atoms with Crippen molar-refractivity contribution in [3.05, 3.63) is 0 Å². The second-order valence-electron chi connectivity index (χ2n) is 5.14. The molecule has 0 bridgehead atoms. The van der Waals surface area contributed by atoms with Crippen molar-refractivity contribution in [1.82, 2.24) is 0 Å². The predicted molar refractivity (Wildman–Crippen MR) is 61.4 cm³/mol. The maximum absolute atomic E-state index is 12.0. The monoisotopic (exact) mass is 226 g/mol. The van der Waals surface area contributed by atoms with Crippen LogP contribution in [0.25, 0.3) is 0 Å². The average molecular weight is 226 g/mol. The number of carbonyl (C=O) groups excluding carboxylic acids is 1. The van der Waals surface area contributed by atoms with E-state index in [9.17, 15) is 4.79 Å². The largest absolute Gasteiger partial charge is 0.385 e. The molecule has 1 aliphatic heterocycles. The highest BCUT2D eigenvalue weighted by Crippen LogP contribution is 2.44. The molecule has 1 saturated carbocycles. The minimum absolute atomic E-state index is 0.0971. The van der Waals surface area contributed by atoms with E-state index in [2.05, 4.69) is 0 Å². The van der Waals surface area contributed by atoms with Gasteiger partial charge in [0.2, 0.25) is 0 Å². The van der Waals surface area contributed by atoms with Gasteiger partial charge in [0.1, 0.15) is 5.78 Å². The number of rotatable bonds is 5. The zero-order valence-corrected chi connectivity index (χ0v) is 10.2. The van der Waals surface area contributed by atoms with Crippen molar-refractivity contribution < 1.29 is 14.3 Å². The molecule has 3 heteroatoms. The van der Waals surface area contributed by atoms with Crippen molar-refractivity contribution in [2.45, 2.75) is 50.5 Å². The first-order chi connectivity index (χ1) is 7.76. The lowest BCUT2D eigenvalue weighted by molar-refractivity contribution is -0.155. The highest BCUT2D eigenvalue weighted by molar-refractivity contribution is 5.81. The molecule has 0 N–H and O–H groups in total. The van der Waals surface area contributed by atoms with E-state index in [1.54, 1.807) is 7.11 Å². The van der Waals surface area contributed by atoms with Crippen LogP contribution in [0.15, 0.2) is 0 Å². The van der Waals surface area contributed by atoms with Crippen LogP contribution in [0.5, 0.6) is 0 Å². The van der Waals surface area contributed by atoms with Crippen LogP contribution in [-0.2, 0) is 14.3 Å². The summed E-state index contributed by atoms with van der Waals surface area (Å²) in [5, 5.41) is 0. The van der Waals surface area contributed by atoms with E-state index in [4.69, 9.17) is 9.47 Å². The van der Waals surface area contributed by atoms with Gasteiger partial charge < -0.3 is 9.47 Å². The Labute approximate surface area is 97.5 Å². The van der Waals surface area contributed by atoms with Crippen molar-refractivity contribution in [3.8, 4) is 0 Å². The van der Waals surface area contributed by atoms with Gasteiger partial charge in [0, 0.05) is 32.7 Å². The maximum atomic E-state index is 12.0. The third kappa shape index (κ3) is 2.64. The summed E-state index contributed by atoms with van der Waals surface area (Å²) in [5.74, 6) is 0.678. The fraction of sp³-hybridized carbons (Fsp3) is 0.923. The van der Waals surface area contributed by atoms with E-state index in [1.807, 2.05) is 0 Å². The fourth-order valence-corrected chi connectivity index (χ4v) is 2.82. The summed E-state index contributed by atoms with van der Waals surface area (Å²) in [4.78, 5) is 12.0. The molecule has 92 valence electrons. The topological polar surface area (TPSA) is 35.5 Å². The number of ketones is 1. The molecule has 0 radical (unpaired) electrons. The summed E-state index contributed by atoms with van der Waals surface area (Å²) in [6.07, 6.45) is 7.02. The van der Waals surface area contributed by atoms with Gasteiger partial charge in [-0.1, -0.05) is 0 Å². The van der Waals surface area contributed by atoms with Gasteiger partial charge in [0.25, 0.3) is 0 Å². The summed E-state index contributed by atoms with van der Waals surface area (Å²) in [6.45, 7) is 1.47. The highest BCUT2D eigenvalue weighted by atomic mass is 16.5. The minimum atomic E-state index is 0.0971. The Morgan fingerprint density at radius 1 is 1.50 bits per heavy atom. The number of ether oxygens (including phenoxy) is 2. The number of Topliss-reactive ketones (excluding diaryl/α,β-unsaturated/α-hetero) is 1. The van der Waals surface area contributed by atoms with E-state index < -0.39 is 0 Å². The van der Waals surface area contributed by atoms with Crippen molar-refractivity contribution in [3.63, 3.8) is 0 Å². The zero-order valence-electron chi connectivity index (χ0n) is 10.2. The summed E-state index contributed by atoms with van der Waals surface area (Å²) in [7, 11) is 1.68. The van der Waals surface area contributed by atoms with Gasteiger partial charge in [-0.3, -0.25) is 4.79 Å².